The Bertz CT molecular complexity index is 1250. The van der Waals surface area contributed by atoms with Crippen molar-refractivity contribution < 1.29 is 19.0 Å². The van der Waals surface area contributed by atoms with E-state index < -0.39 is 11.9 Å². The van der Waals surface area contributed by atoms with Crippen LogP contribution < -0.4 is 4.74 Å². The molecule has 0 saturated carbocycles. The molecule has 1 atom stereocenters. The first-order valence-corrected chi connectivity index (χ1v) is 12.6. The molecule has 4 rings (SSSR count). The molecule has 0 bridgehead atoms. The predicted molar refractivity (Wildman–Crippen MR) is 143 cm³/mol. The van der Waals surface area contributed by atoms with Crippen LogP contribution in [-0.2, 0) is 24.1 Å². The number of nitrogens with zero attached hydrogens (tertiary/aromatic N) is 3. The van der Waals surface area contributed by atoms with Gasteiger partial charge < -0.3 is 14.6 Å². The number of aliphatic hydroxyl groups is 1. The van der Waals surface area contributed by atoms with E-state index >= 15 is 0 Å². The van der Waals surface area contributed by atoms with Crippen LogP contribution >= 0.6 is 0 Å². The Balaban J connectivity index is 1.67. The minimum Gasteiger partial charge on any atom is -0.435 e. The first-order chi connectivity index (χ1) is 18.1. The molecule has 0 spiro atoms. The van der Waals surface area contributed by atoms with Crippen LogP contribution in [0, 0.1) is 5.82 Å². The second-order valence-corrected chi connectivity index (χ2v) is 8.94. The van der Waals surface area contributed by atoms with Crippen LogP contribution in [0.4, 0.5) is 4.39 Å². The minimum atomic E-state index is -0.565. The number of aliphatic hydroxyl groups excluding tert-OH is 1. The fourth-order valence-corrected chi connectivity index (χ4v) is 4.33. The Morgan fingerprint density at radius 2 is 1.65 bits per heavy atom. The van der Waals surface area contributed by atoms with Crippen molar-refractivity contribution in [3.8, 4) is 17.3 Å². The molecule has 0 aliphatic rings. The third-order valence-corrected chi connectivity index (χ3v) is 6.17. The van der Waals surface area contributed by atoms with Gasteiger partial charge in [-0.15, -0.1) is 0 Å². The van der Waals surface area contributed by atoms with E-state index in [1.54, 1.807) is 30.0 Å². The van der Waals surface area contributed by atoms with Gasteiger partial charge in [-0.25, -0.2) is 9.07 Å². The van der Waals surface area contributed by atoms with Crippen molar-refractivity contribution in [1.29, 1.82) is 0 Å². The number of para-hydroxylation sites is 2. The Morgan fingerprint density at radius 3 is 2.32 bits per heavy atom. The number of benzene rings is 3. The minimum absolute atomic E-state index is 0.135. The van der Waals surface area contributed by atoms with Crippen LogP contribution in [0.1, 0.15) is 23.7 Å². The molecule has 3 aromatic carbocycles. The normalized spacial score (nSPS) is 12.1. The fraction of sp³-hybridized carbons (Fsp3) is 0.300. The van der Waals surface area contributed by atoms with Gasteiger partial charge in [0.05, 0.1) is 29.7 Å². The highest BCUT2D eigenvalue weighted by Crippen LogP contribution is 2.33. The topological polar surface area (TPSA) is 59.8 Å². The summed E-state index contributed by atoms with van der Waals surface area (Å²) in [7, 11) is 1.66. The SMILES string of the molecule is CCc1nn(-c2ccccc2)c(Oc2ccccc2F)c1CN(CCOC)C[C@H](O)Cc1ccccc1. The fourth-order valence-electron chi connectivity index (χ4n) is 4.33. The Morgan fingerprint density at radius 1 is 0.973 bits per heavy atom. The monoisotopic (exact) mass is 503 g/mol. The summed E-state index contributed by atoms with van der Waals surface area (Å²) in [6.07, 6.45) is 0.657. The molecular weight excluding hydrogens is 469 g/mol. The number of aryl methyl sites for hydroxylation is 1. The van der Waals surface area contributed by atoms with Crippen molar-refractivity contribution in [2.75, 3.05) is 26.8 Å². The molecule has 0 radical (unpaired) electrons. The van der Waals surface area contributed by atoms with Gasteiger partial charge in [0.15, 0.2) is 11.6 Å². The number of hydrogen-bond donors (Lipinski definition) is 1. The molecule has 1 heterocycles. The highest BCUT2D eigenvalue weighted by Gasteiger charge is 2.24. The molecule has 0 amide bonds. The average molecular weight is 504 g/mol. The molecule has 1 aromatic heterocycles. The Hall–Kier alpha value is -3.52. The van der Waals surface area contributed by atoms with Gasteiger partial charge in [0.1, 0.15) is 0 Å². The number of ether oxygens (including phenoxy) is 2. The van der Waals surface area contributed by atoms with Crippen LogP contribution in [0.2, 0.25) is 0 Å². The van der Waals surface area contributed by atoms with Crippen molar-refractivity contribution in [2.45, 2.75) is 32.4 Å². The lowest BCUT2D eigenvalue weighted by atomic mass is 10.1. The largest absolute Gasteiger partial charge is 0.435 e. The lowest BCUT2D eigenvalue weighted by Gasteiger charge is -2.25. The molecule has 7 heteroatoms. The zero-order valence-corrected chi connectivity index (χ0v) is 21.4. The van der Waals surface area contributed by atoms with E-state index in [4.69, 9.17) is 14.6 Å². The van der Waals surface area contributed by atoms with E-state index in [1.165, 1.54) is 6.07 Å². The molecule has 0 saturated heterocycles. The van der Waals surface area contributed by atoms with Crippen LogP contribution in [0.25, 0.3) is 5.69 Å². The van der Waals surface area contributed by atoms with Crippen molar-refractivity contribution in [3.63, 3.8) is 0 Å². The van der Waals surface area contributed by atoms with E-state index in [0.29, 0.717) is 45.0 Å². The molecule has 1 N–H and O–H groups in total. The lowest BCUT2D eigenvalue weighted by Crippen LogP contribution is -2.35. The first kappa shape index (κ1) is 26.5. The van der Waals surface area contributed by atoms with E-state index in [9.17, 15) is 9.50 Å². The zero-order chi connectivity index (χ0) is 26.0. The maximum absolute atomic E-state index is 14.6. The van der Waals surface area contributed by atoms with Crippen LogP contribution in [-0.4, -0.2) is 52.7 Å². The van der Waals surface area contributed by atoms with Gasteiger partial charge in [-0.3, -0.25) is 4.90 Å². The molecule has 37 heavy (non-hydrogen) atoms. The summed E-state index contributed by atoms with van der Waals surface area (Å²) in [5, 5.41) is 15.8. The summed E-state index contributed by atoms with van der Waals surface area (Å²) >= 11 is 0. The summed E-state index contributed by atoms with van der Waals surface area (Å²) in [5.74, 6) is 0.158. The summed E-state index contributed by atoms with van der Waals surface area (Å²) in [6, 6.07) is 26.0. The van der Waals surface area contributed by atoms with Crippen LogP contribution in [0.15, 0.2) is 84.9 Å². The summed E-state index contributed by atoms with van der Waals surface area (Å²) in [5.41, 5.74) is 3.62. The molecule has 0 unspecified atom stereocenters. The number of hydrogen-bond acceptors (Lipinski definition) is 5. The van der Waals surface area contributed by atoms with E-state index in [1.807, 2.05) is 67.6 Å². The van der Waals surface area contributed by atoms with Gasteiger partial charge in [-0.2, -0.15) is 5.10 Å². The lowest BCUT2D eigenvalue weighted by molar-refractivity contribution is 0.0846. The molecule has 6 nitrogen and oxygen atoms in total. The maximum atomic E-state index is 14.6. The van der Waals surface area contributed by atoms with Crippen molar-refractivity contribution in [1.82, 2.24) is 14.7 Å². The second-order valence-electron chi connectivity index (χ2n) is 8.94. The van der Waals surface area contributed by atoms with Gasteiger partial charge in [0.2, 0.25) is 5.88 Å². The van der Waals surface area contributed by atoms with E-state index in [2.05, 4.69) is 4.90 Å². The Labute approximate surface area is 217 Å². The third-order valence-electron chi connectivity index (χ3n) is 6.17. The smallest absolute Gasteiger partial charge is 0.227 e. The number of rotatable bonds is 13. The van der Waals surface area contributed by atoms with Gasteiger partial charge in [0.25, 0.3) is 0 Å². The summed E-state index contributed by atoms with van der Waals surface area (Å²) < 4.78 is 27.9. The molecule has 0 aliphatic carbocycles. The molecular formula is C30H34FN3O3. The van der Waals surface area contributed by atoms with Crippen LogP contribution in [0.5, 0.6) is 11.6 Å². The predicted octanol–water partition coefficient (Wildman–Crippen LogP) is 5.42. The summed E-state index contributed by atoms with van der Waals surface area (Å²) in [4.78, 5) is 2.14. The first-order valence-electron chi connectivity index (χ1n) is 12.6. The number of halogens is 1. The number of aromatic nitrogens is 2. The van der Waals surface area contributed by atoms with Crippen molar-refractivity contribution in [3.05, 3.63) is 108 Å². The zero-order valence-electron chi connectivity index (χ0n) is 21.4. The van der Waals surface area contributed by atoms with Crippen molar-refractivity contribution in [2.24, 2.45) is 0 Å². The van der Waals surface area contributed by atoms with Gasteiger partial charge in [-0.1, -0.05) is 67.6 Å². The van der Waals surface area contributed by atoms with Crippen LogP contribution in [0.3, 0.4) is 0 Å². The maximum Gasteiger partial charge on any atom is 0.227 e. The molecule has 194 valence electrons. The van der Waals surface area contributed by atoms with Crippen molar-refractivity contribution >= 4 is 0 Å². The molecule has 4 aromatic rings. The molecule has 0 fully saturated rings. The quantitative estimate of drug-likeness (QED) is 0.264. The van der Waals surface area contributed by atoms with E-state index in [-0.39, 0.29) is 5.75 Å². The van der Waals surface area contributed by atoms with Gasteiger partial charge in [-0.05, 0) is 42.7 Å². The third kappa shape index (κ3) is 7.04. The second kappa shape index (κ2) is 13.1. The summed E-state index contributed by atoms with van der Waals surface area (Å²) in [6.45, 7) is 4.07. The average Bonchev–Trinajstić information content (AvgIpc) is 3.26. The highest BCUT2D eigenvalue weighted by atomic mass is 19.1. The Kier molecular flexibility index (Phi) is 9.43. The van der Waals surface area contributed by atoms with Gasteiger partial charge in [0, 0.05) is 26.7 Å². The van der Waals surface area contributed by atoms with E-state index in [0.717, 1.165) is 22.5 Å². The standard InChI is InChI=1S/C30H34FN3O3/c1-3-28-26(22-33(18-19-36-2)21-25(35)20-23-12-6-4-7-13-23)30(37-29-17-11-10-16-27(29)31)34(32-28)24-14-8-5-9-15-24/h4-17,25,35H,3,18-22H2,1-2H3/t25-/m1/s1. The van der Waals surface area contributed by atoms with Gasteiger partial charge >= 0.3 is 0 Å². The highest BCUT2D eigenvalue weighted by molar-refractivity contribution is 5.44. The molecule has 0 aliphatic heterocycles. The number of methoxy groups -OCH3 is 1.